The Morgan fingerprint density at radius 1 is 1.15 bits per heavy atom. The maximum atomic E-state index is 13.2. The molecule has 26 heavy (non-hydrogen) atoms. The molecule has 2 aliphatic heterocycles. The van der Waals surface area contributed by atoms with Gasteiger partial charge in [-0.3, -0.25) is 9.69 Å². The molecule has 136 valence electrons. The lowest BCUT2D eigenvalue weighted by molar-refractivity contribution is -0.0390. The van der Waals surface area contributed by atoms with Crippen LogP contribution in [0.15, 0.2) is 48.5 Å². The van der Waals surface area contributed by atoms with E-state index in [9.17, 15) is 9.18 Å². The van der Waals surface area contributed by atoms with Crippen LogP contribution in [0.1, 0.15) is 23.7 Å². The third kappa shape index (κ3) is 3.50. The van der Waals surface area contributed by atoms with Crippen LogP contribution in [-0.2, 0) is 4.74 Å². The van der Waals surface area contributed by atoms with Crippen molar-refractivity contribution in [1.82, 2.24) is 10.2 Å². The number of morpholine rings is 1. The highest BCUT2D eigenvalue weighted by Crippen LogP contribution is 2.26. The van der Waals surface area contributed by atoms with Crippen molar-refractivity contribution in [2.45, 2.75) is 31.5 Å². The molecule has 2 fully saturated rings. The largest absolute Gasteiger partial charge is 0.376 e. The number of hydrogen-bond acceptors (Lipinski definition) is 3. The van der Waals surface area contributed by atoms with Crippen LogP contribution in [0.2, 0.25) is 0 Å². The van der Waals surface area contributed by atoms with E-state index < -0.39 is 0 Å². The molecule has 2 saturated heterocycles. The fourth-order valence-corrected chi connectivity index (χ4v) is 3.97. The molecular formula is C21H23FN2O2. The predicted molar refractivity (Wildman–Crippen MR) is 98.5 cm³/mol. The second-order valence-corrected chi connectivity index (χ2v) is 7.21. The summed E-state index contributed by atoms with van der Waals surface area (Å²) in [5.41, 5.74) is 2.27. The fraction of sp³-hybridized carbons (Fsp3) is 0.381. The van der Waals surface area contributed by atoms with Gasteiger partial charge in [-0.1, -0.05) is 30.3 Å². The summed E-state index contributed by atoms with van der Waals surface area (Å²) in [6.45, 7) is 4.60. The third-order valence-corrected chi connectivity index (χ3v) is 5.25. The molecular weight excluding hydrogens is 331 g/mol. The summed E-state index contributed by atoms with van der Waals surface area (Å²) >= 11 is 0. The summed E-state index contributed by atoms with van der Waals surface area (Å²) in [5, 5.41) is 3.18. The number of amides is 1. The average Bonchev–Trinajstić information content (AvgIpc) is 3.03. The van der Waals surface area contributed by atoms with Crippen LogP contribution in [0.3, 0.4) is 0 Å². The van der Waals surface area contributed by atoms with E-state index in [1.54, 1.807) is 12.1 Å². The molecule has 0 aliphatic carbocycles. The lowest BCUT2D eigenvalue weighted by atomic mass is 9.99. The normalized spacial score (nSPS) is 25.7. The summed E-state index contributed by atoms with van der Waals surface area (Å²) < 4.78 is 18.9. The number of nitrogens with one attached hydrogen (secondary N) is 1. The molecule has 4 nitrogen and oxygen atoms in total. The van der Waals surface area contributed by atoms with E-state index in [2.05, 4.69) is 17.1 Å². The van der Waals surface area contributed by atoms with Gasteiger partial charge in [0, 0.05) is 30.7 Å². The predicted octanol–water partition coefficient (Wildman–Crippen LogP) is 3.08. The van der Waals surface area contributed by atoms with Gasteiger partial charge in [-0.2, -0.15) is 0 Å². The molecule has 0 spiro atoms. The number of hydrogen-bond donors (Lipinski definition) is 1. The first-order chi connectivity index (χ1) is 12.6. The van der Waals surface area contributed by atoms with Crippen molar-refractivity contribution in [2.24, 2.45) is 0 Å². The number of nitrogens with zero attached hydrogens (tertiary/aromatic N) is 1. The number of carbonyl (C=O) groups is 1. The molecule has 2 aromatic carbocycles. The van der Waals surface area contributed by atoms with Crippen molar-refractivity contribution in [3.05, 3.63) is 59.9 Å². The first-order valence-electron chi connectivity index (χ1n) is 9.11. The SMILES string of the molecule is C[C@@H]1CN2C[C@@H](NC(=O)c3ccccc3-c3ccc(F)cc3)C[C@H]2CO1. The molecule has 5 heteroatoms. The lowest BCUT2D eigenvalue weighted by Crippen LogP contribution is -2.45. The Morgan fingerprint density at radius 2 is 1.92 bits per heavy atom. The Hall–Kier alpha value is -2.24. The molecule has 1 amide bonds. The standard InChI is InChI=1S/C21H23FN2O2/c1-14-11-24-12-17(10-18(24)13-26-14)23-21(25)20-5-3-2-4-19(20)15-6-8-16(22)9-7-15/h2-9,14,17-18H,10-13H2,1H3,(H,23,25)/t14-,17+,18+/m1/s1. The third-order valence-electron chi connectivity index (χ3n) is 5.25. The quantitative estimate of drug-likeness (QED) is 0.921. The molecule has 3 atom stereocenters. The van der Waals surface area contributed by atoms with E-state index in [0.717, 1.165) is 37.2 Å². The van der Waals surface area contributed by atoms with Crippen LogP contribution < -0.4 is 5.32 Å². The van der Waals surface area contributed by atoms with Crippen molar-refractivity contribution in [3.8, 4) is 11.1 Å². The van der Waals surface area contributed by atoms with E-state index in [1.165, 1.54) is 12.1 Å². The number of ether oxygens (including phenoxy) is 1. The minimum absolute atomic E-state index is 0.0799. The highest BCUT2D eigenvalue weighted by molar-refractivity contribution is 6.01. The molecule has 0 radical (unpaired) electrons. The maximum Gasteiger partial charge on any atom is 0.252 e. The maximum absolute atomic E-state index is 13.2. The van der Waals surface area contributed by atoms with E-state index in [4.69, 9.17) is 4.74 Å². The van der Waals surface area contributed by atoms with Crippen molar-refractivity contribution in [2.75, 3.05) is 19.7 Å². The second kappa shape index (κ2) is 7.17. The van der Waals surface area contributed by atoms with Crippen LogP contribution in [0.25, 0.3) is 11.1 Å². The number of halogens is 1. The van der Waals surface area contributed by atoms with E-state index in [0.29, 0.717) is 11.6 Å². The smallest absolute Gasteiger partial charge is 0.252 e. The van der Waals surface area contributed by atoms with Crippen molar-refractivity contribution in [1.29, 1.82) is 0 Å². The Labute approximate surface area is 153 Å². The number of benzene rings is 2. The Kier molecular flexibility index (Phi) is 4.74. The van der Waals surface area contributed by atoms with Gasteiger partial charge in [0.05, 0.1) is 12.7 Å². The van der Waals surface area contributed by atoms with Gasteiger partial charge in [0.15, 0.2) is 0 Å². The van der Waals surface area contributed by atoms with Gasteiger partial charge in [0.2, 0.25) is 0 Å². The van der Waals surface area contributed by atoms with Gasteiger partial charge in [-0.25, -0.2) is 4.39 Å². The van der Waals surface area contributed by atoms with Crippen LogP contribution >= 0.6 is 0 Å². The van der Waals surface area contributed by atoms with Crippen LogP contribution in [0, 0.1) is 5.82 Å². The van der Waals surface area contributed by atoms with Gasteiger partial charge in [0.1, 0.15) is 5.82 Å². The molecule has 0 saturated carbocycles. The molecule has 2 heterocycles. The molecule has 4 rings (SSSR count). The summed E-state index contributed by atoms with van der Waals surface area (Å²) in [5.74, 6) is -0.363. The number of carbonyl (C=O) groups excluding carboxylic acids is 1. The van der Waals surface area contributed by atoms with Crippen LogP contribution in [0.5, 0.6) is 0 Å². The second-order valence-electron chi connectivity index (χ2n) is 7.21. The Balaban J connectivity index is 1.50. The Bertz CT molecular complexity index is 793. The minimum atomic E-state index is -0.283. The fourth-order valence-electron chi connectivity index (χ4n) is 3.97. The summed E-state index contributed by atoms with van der Waals surface area (Å²) in [6, 6.07) is 14.2. The van der Waals surface area contributed by atoms with Crippen LogP contribution in [-0.4, -0.2) is 48.7 Å². The van der Waals surface area contributed by atoms with Crippen molar-refractivity contribution in [3.63, 3.8) is 0 Å². The van der Waals surface area contributed by atoms with Gasteiger partial charge >= 0.3 is 0 Å². The monoisotopic (exact) mass is 354 g/mol. The lowest BCUT2D eigenvalue weighted by Gasteiger charge is -2.33. The Morgan fingerprint density at radius 3 is 2.73 bits per heavy atom. The highest BCUT2D eigenvalue weighted by Gasteiger charge is 2.36. The summed E-state index contributed by atoms with van der Waals surface area (Å²) in [4.78, 5) is 15.3. The first-order valence-corrected chi connectivity index (χ1v) is 9.11. The molecule has 2 aromatic rings. The van der Waals surface area contributed by atoms with Gasteiger partial charge in [0.25, 0.3) is 5.91 Å². The summed E-state index contributed by atoms with van der Waals surface area (Å²) in [7, 11) is 0. The van der Waals surface area contributed by atoms with Gasteiger partial charge in [-0.15, -0.1) is 0 Å². The zero-order valence-corrected chi connectivity index (χ0v) is 14.8. The van der Waals surface area contributed by atoms with E-state index in [1.807, 2.05) is 24.3 Å². The van der Waals surface area contributed by atoms with Crippen molar-refractivity contribution >= 4 is 5.91 Å². The van der Waals surface area contributed by atoms with Crippen molar-refractivity contribution < 1.29 is 13.9 Å². The van der Waals surface area contributed by atoms with Gasteiger partial charge in [-0.05, 0) is 42.7 Å². The number of fused-ring (bicyclic) bond motifs is 1. The summed E-state index contributed by atoms with van der Waals surface area (Å²) in [6.07, 6.45) is 1.16. The van der Waals surface area contributed by atoms with Crippen LogP contribution in [0.4, 0.5) is 4.39 Å². The van der Waals surface area contributed by atoms with E-state index in [-0.39, 0.29) is 23.9 Å². The zero-order valence-electron chi connectivity index (χ0n) is 14.8. The molecule has 0 unspecified atom stereocenters. The first kappa shape index (κ1) is 17.2. The molecule has 2 aliphatic rings. The topological polar surface area (TPSA) is 41.6 Å². The van der Waals surface area contributed by atoms with Gasteiger partial charge < -0.3 is 10.1 Å². The zero-order chi connectivity index (χ0) is 18.1. The minimum Gasteiger partial charge on any atom is -0.376 e. The molecule has 0 bridgehead atoms. The average molecular weight is 354 g/mol. The number of rotatable bonds is 3. The highest BCUT2D eigenvalue weighted by atomic mass is 19.1. The van der Waals surface area contributed by atoms with E-state index >= 15 is 0 Å². The molecule has 0 aromatic heterocycles. The molecule has 1 N–H and O–H groups in total.